The van der Waals surface area contributed by atoms with Gasteiger partial charge < -0.3 is 20.0 Å². The van der Waals surface area contributed by atoms with Gasteiger partial charge in [-0.3, -0.25) is 4.79 Å². The van der Waals surface area contributed by atoms with E-state index in [9.17, 15) is 14.7 Å². The highest BCUT2D eigenvalue weighted by Gasteiger charge is 2.20. The number of nitrogens with one attached hydrogen (secondary N) is 1. The molecular weight excluding hydrogens is 318 g/mol. The second-order valence-electron chi connectivity index (χ2n) is 6.14. The molecule has 0 aliphatic rings. The van der Waals surface area contributed by atoms with E-state index in [2.05, 4.69) is 5.32 Å². The smallest absolute Gasteiger partial charge is 0.228 e. The molecule has 0 heterocycles. The lowest BCUT2D eigenvalue weighted by Gasteiger charge is -2.19. The number of anilines is 1. The number of methoxy groups -OCH3 is 1. The van der Waals surface area contributed by atoms with Gasteiger partial charge in [-0.05, 0) is 61.6 Å². The van der Waals surface area contributed by atoms with Crippen LogP contribution in [0, 0.1) is 19.8 Å². The lowest BCUT2D eigenvalue weighted by Crippen LogP contribution is -2.32. The lowest BCUT2D eigenvalue weighted by molar-refractivity contribution is -0.306. The Morgan fingerprint density at radius 3 is 2.60 bits per heavy atom. The van der Waals surface area contributed by atoms with Gasteiger partial charge in [0, 0.05) is 17.6 Å². The number of carbonyl (C=O) groups excluding carboxylic acids is 2. The van der Waals surface area contributed by atoms with E-state index < -0.39 is 11.9 Å². The second-order valence-corrected chi connectivity index (χ2v) is 6.14. The Balaban J connectivity index is 2.19. The minimum absolute atomic E-state index is 0.294. The number of hydrogen-bond donors (Lipinski definition) is 1. The van der Waals surface area contributed by atoms with Crippen LogP contribution in [-0.4, -0.2) is 19.0 Å². The Morgan fingerprint density at radius 1 is 1.16 bits per heavy atom. The number of ether oxygens (including phenoxy) is 1. The molecule has 5 heteroatoms. The van der Waals surface area contributed by atoms with Crippen molar-refractivity contribution in [1.82, 2.24) is 0 Å². The fourth-order valence-corrected chi connectivity index (χ4v) is 2.65. The van der Waals surface area contributed by atoms with Crippen LogP contribution in [0.4, 0.5) is 5.69 Å². The third-order valence-corrected chi connectivity index (χ3v) is 4.05. The Kier molecular flexibility index (Phi) is 6.17. The lowest BCUT2D eigenvalue weighted by atomic mass is 9.95. The molecule has 0 spiro atoms. The molecule has 132 valence electrons. The number of carbonyl (C=O) groups is 2. The van der Waals surface area contributed by atoms with Gasteiger partial charge in [0.1, 0.15) is 5.75 Å². The summed E-state index contributed by atoms with van der Waals surface area (Å²) in [5.41, 5.74) is 3.47. The first-order valence-electron chi connectivity index (χ1n) is 8.10. The molecule has 2 rings (SSSR count). The number of amides is 1. The van der Waals surface area contributed by atoms with Crippen LogP contribution in [-0.2, 0) is 16.0 Å². The summed E-state index contributed by atoms with van der Waals surface area (Å²) in [5, 5.41) is 13.9. The van der Waals surface area contributed by atoms with E-state index in [1.54, 1.807) is 19.2 Å². The highest BCUT2D eigenvalue weighted by molar-refractivity contribution is 5.95. The molecule has 0 saturated heterocycles. The molecule has 0 aromatic heterocycles. The molecule has 0 fully saturated rings. The normalized spacial score (nSPS) is 11.6. The highest BCUT2D eigenvalue weighted by Crippen LogP contribution is 2.21. The molecular formula is C20H22NO4-. The first-order chi connectivity index (χ1) is 11.9. The Bertz CT molecular complexity index is 770. The molecule has 0 aliphatic carbocycles. The van der Waals surface area contributed by atoms with Crippen LogP contribution in [0.5, 0.6) is 5.75 Å². The van der Waals surface area contributed by atoms with Crippen molar-refractivity contribution in [1.29, 1.82) is 0 Å². The summed E-state index contributed by atoms with van der Waals surface area (Å²) < 4.78 is 5.17. The third kappa shape index (κ3) is 5.35. The molecule has 2 aromatic carbocycles. The van der Waals surface area contributed by atoms with Gasteiger partial charge in [0.15, 0.2) is 0 Å². The van der Waals surface area contributed by atoms with Gasteiger partial charge in [-0.2, -0.15) is 0 Å². The van der Waals surface area contributed by atoms with Crippen LogP contribution in [0.15, 0.2) is 42.5 Å². The predicted molar refractivity (Wildman–Crippen MR) is 94.4 cm³/mol. The SMILES string of the molecule is COc1cccc(C[C@H](CC(=O)[O-])C(=O)Nc2cc(C)ccc2C)c1. The number of aryl methyl sites for hydroxylation is 2. The second kappa shape index (κ2) is 8.33. The van der Waals surface area contributed by atoms with Gasteiger partial charge in [0.2, 0.25) is 5.91 Å². The highest BCUT2D eigenvalue weighted by atomic mass is 16.5. The molecule has 1 N–H and O–H groups in total. The van der Waals surface area contributed by atoms with Crippen molar-refractivity contribution in [2.45, 2.75) is 26.7 Å². The number of carboxylic acid groups (broad SMARTS) is 1. The van der Waals surface area contributed by atoms with Gasteiger partial charge in [0.25, 0.3) is 0 Å². The molecule has 1 amide bonds. The van der Waals surface area contributed by atoms with Crippen molar-refractivity contribution in [3.8, 4) is 5.75 Å². The summed E-state index contributed by atoms with van der Waals surface area (Å²) in [4.78, 5) is 23.7. The van der Waals surface area contributed by atoms with Gasteiger partial charge >= 0.3 is 0 Å². The van der Waals surface area contributed by atoms with Crippen LogP contribution in [0.2, 0.25) is 0 Å². The predicted octanol–water partition coefficient (Wildman–Crippen LogP) is 2.25. The largest absolute Gasteiger partial charge is 0.550 e. The third-order valence-electron chi connectivity index (χ3n) is 4.05. The number of hydrogen-bond acceptors (Lipinski definition) is 4. The van der Waals surface area contributed by atoms with Crippen molar-refractivity contribution >= 4 is 17.6 Å². The van der Waals surface area contributed by atoms with E-state index in [1.165, 1.54) is 0 Å². The molecule has 0 bridgehead atoms. The number of benzene rings is 2. The number of aliphatic carboxylic acids is 1. The summed E-state index contributed by atoms with van der Waals surface area (Å²) in [7, 11) is 1.56. The summed E-state index contributed by atoms with van der Waals surface area (Å²) in [6.45, 7) is 3.83. The van der Waals surface area contributed by atoms with E-state index in [0.717, 1.165) is 16.7 Å². The fraction of sp³-hybridized carbons (Fsp3) is 0.300. The number of rotatable bonds is 7. The van der Waals surface area contributed by atoms with Gasteiger partial charge in [-0.15, -0.1) is 0 Å². The maximum Gasteiger partial charge on any atom is 0.228 e. The number of carboxylic acids is 1. The van der Waals surface area contributed by atoms with Crippen molar-refractivity contribution in [3.05, 3.63) is 59.2 Å². The van der Waals surface area contributed by atoms with Crippen molar-refractivity contribution in [3.63, 3.8) is 0 Å². The zero-order valence-corrected chi connectivity index (χ0v) is 14.7. The molecule has 25 heavy (non-hydrogen) atoms. The van der Waals surface area contributed by atoms with E-state index in [-0.39, 0.29) is 12.3 Å². The molecule has 2 aromatic rings. The van der Waals surface area contributed by atoms with Crippen LogP contribution in [0.25, 0.3) is 0 Å². The molecule has 0 aliphatic heterocycles. The fourth-order valence-electron chi connectivity index (χ4n) is 2.65. The summed E-state index contributed by atoms with van der Waals surface area (Å²) >= 11 is 0. The quantitative estimate of drug-likeness (QED) is 0.838. The van der Waals surface area contributed by atoms with Gasteiger partial charge in [0.05, 0.1) is 7.11 Å². The molecule has 5 nitrogen and oxygen atoms in total. The maximum absolute atomic E-state index is 12.6. The van der Waals surface area contributed by atoms with E-state index in [0.29, 0.717) is 17.9 Å². The first kappa shape index (κ1) is 18.5. The Labute approximate surface area is 147 Å². The standard InChI is InChI=1S/C20H23NO4/c1-13-7-8-14(2)18(9-13)21-20(24)16(12-19(22)23)10-15-5-4-6-17(11-15)25-3/h4-9,11,16H,10,12H2,1-3H3,(H,21,24)(H,22,23)/p-1/t16-/m1/s1. The zero-order valence-electron chi connectivity index (χ0n) is 14.7. The summed E-state index contributed by atoms with van der Waals surface area (Å²) in [5.74, 6) is -1.64. The van der Waals surface area contributed by atoms with Crippen LogP contribution >= 0.6 is 0 Å². The zero-order chi connectivity index (χ0) is 18.4. The maximum atomic E-state index is 12.6. The summed E-state index contributed by atoms with van der Waals surface area (Å²) in [6, 6.07) is 13.0. The van der Waals surface area contributed by atoms with Crippen molar-refractivity contribution in [2.75, 3.05) is 12.4 Å². The van der Waals surface area contributed by atoms with Gasteiger partial charge in [-0.1, -0.05) is 24.3 Å². The van der Waals surface area contributed by atoms with E-state index in [4.69, 9.17) is 4.74 Å². The van der Waals surface area contributed by atoms with Gasteiger partial charge in [-0.25, -0.2) is 0 Å². The van der Waals surface area contributed by atoms with E-state index in [1.807, 2.05) is 44.2 Å². The molecule has 0 radical (unpaired) electrons. The van der Waals surface area contributed by atoms with E-state index >= 15 is 0 Å². The topological polar surface area (TPSA) is 78.5 Å². The molecule has 0 unspecified atom stereocenters. The molecule has 1 atom stereocenters. The monoisotopic (exact) mass is 340 g/mol. The van der Waals surface area contributed by atoms with Crippen molar-refractivity contribution in [2.24, 2.45) is 5.92 Å². The van der Waals surface area contributed by atoms with Crippen molar-refractivity contribution < 1.29 is 19.4 Å². The van der Waals surface area contributed by atoms with Crippen LogP contribution < -0.4 is 15.2 Å². The van der Waals surface area contributed by atoms with Crippen LogP contribution in [0.1, 0.15) is 23.1 Å². The minimum atomic E-state index is -1.25. The van der Waals surface area contributed by atoms with Crippen LogP contribution in [0.3, 0.4) is 0 Å². The first-order valence-corrected chi connectivity index (χ1v) is 8.10. The molecule has 0 saturated carbocycles. The Hall–Kier alpha value is -2.82. The Morgan fingerprint density at radius 2 is 1.92 bits per heavy atom. The average Bonchev–Trinajstić information content (AvgIpc) is 2.57. The average molecular weight is 340 g/mol. The minimum Gasteiger partial charge on any atom is -0.550 e. The summed E-state index contributed by atoms with van der Waals surface area (Å²) in [6.07, 6.45) is -0.0459.